The third kappa shape index (κ3) is 6.58. The topological polar surface area (TPSA) is 114 Å². The Morgan fingerprint density at radius 2 is 1.58 bits per heavy atom. The molecule has 0 aromatic heterocycles. The van der Waals surface area contributed by atoms with Gasteiger partial charge in [0.2, 0.25) is 10.0 Å². The van der Waals surface area contributed by atoms with Gasteiger partial charge in [0.05, 0.1) is 6.26 Å². The number of amides is 2. The van der Waals surface area contributed by atoms with E-state index in [1.807, 2.05) is 42.5 Å². The Kier molecular flexibility index (Phi) is 6.88. The van der Waals surface area contributed by atoms with Crippen molar-refractivity contribution in [3.8, 4) is 16.9 Å². The number of benzene rings is 3. The minimum Gasteiger partial charge on any atom is -0.483 e. The number of nitrogens with one attached hydrogen (secondary N) is 3. The van der Waals surface area contributed by atoms with E-state index in [2.05, 4.69) is 15.6 Å². The normalized spacial score (nSPS) is 10.7. The second-order valence-electron chi connectivity index (χ2n) is 6.61. The van der Waals surface area contributed by atoms with Crippen LogP contribution in [0.2, 0.25) is 0 Å². The van der Waals surface area contributed by atoms with Crippen molar-refractivity contribution in [3.63, 3.8) is 0 Å². The molecule has 8 nitrogen and oxygen atoms in total. The molecule has 0 aliphatic rings. The van der Waals surface area contributed by atoms with Crippen LogP contribution < -0.4 is 20.3 Å². The molecule has 3 aromatic carbocycles. The number of para-hydroxylation sites is 1. The number of carbonyl (C=O) groups excluding carboxylic acids is 2. The molecule has 0 bridgehead atoms. The third-order valence-electron chi connectivity index (χ3n) is 4.07. The lowest BCUT2D eigenvalue weighted by molar-refractivity contribution is -0.123. The Bertz CT molecular complexity index is 1180. The molecular weight excluding hydrogens is 418 g/mol. The second-order valence-corrected chi connectivity index (χ2v) is 8.36. The number of hydrogen-bond acceptors (Lipinski definition) is 5. The minimum absolute atomic E-state index is 0.171. The minimum atomic E-state index is -3.47. The smallest absolute Gasteiger partial charge is 0.276 e. The zero-order valence-corrected chi connectivity index (χ0v) is 17.5. The first-order chi connectivity index (χ1) is 14.8. The summed E-state index contributed by atoms with van der Waals surface area (Å²) in [6.07, 6.45) is 1.01. The summed E-state index contributed by atoms with van der Waals surface area (Å²) in [4.78, 5) is 24.3. The number of hydrogen-bond donors (Lipinski definition) is 3. The lowest BCUT2D eigenvalue weighted by atomic mass is 10.1. The Hall–Kier alpha value is -3.85. The summed E-state index contributed by atoms with van der Waals surface area (Å²) in [6.45, 7) is -0.306. The maximum absolute atomic E-state index is 12.2. The van der Waals surface area contributed by atoms with E-state index in [1.54, 1.807) is 12.1 Å². The highest BCUT2D eigenvalue weighted by Gasteiger charge is 2.11. The number of ether oxygens (including phenoxy) is 1. The molecule has 0 aliphatic carbocycles. The van der Waals surface area contributed by atoms with Crippen LogP contribution in [0.1, 0.15) is 10.4 Å². The van der Waals surface area contributed by atoms with Crippen molar-refractivity contribution in [1.82, 2.24) is 10.9 Å². The molecule has 31 heavy (non-hydrogen) atoms. The summed E-state index contributed by atoms with van der Waals surface area (Å²) < 4.78 is 30.5. The van der Waals surface area contributed by atoms with Gasteiger partial charge in [-0.15, -0.1) is 0 Å². The van der Waals surface area contributed by atoms with Crippen molar-refractivity contribution in [1.29, 1.82) is 0 Å². The fraction of sp³-hybridized carbons (Fsp3) is 0.0909. The Morgan fingerprint density at radius 3 is 2.32 bits per heavy atom. The lowest BCUT2D eigenvalue weighted by Crippen LogP contribution is -2.43. The highest BCUT2D eigenvalue weighted by molar-refractivity contribution is 7.92. The highest BCUT2D eigenvalue weighted by atomic mass is 32.2. The molecule has 0 unspecified atom stereocenters. The summed E-state index contributed by atoms with van der Waals surface area (Å²) in [5.74, 6) is -0.619. The van der Waals surface area contributed by atoms with Crippen LogP contribution in [0.3, 0.4) is 0 Å². The van der Waals surface area contributed by atoms with Gasteiger partial charge in [0, 0.05) is 16.8 Å². The summed E-state index contributed by atoms with van der Waals surface area (Å²) >= 11 is 0. The summed E-state index contributed by atoms with van der Waals surface area (Å²) in [7, 11) is -3.47. The molecule has 0 radical (unpaired) electrons. The molecule has 0 atom stereocenters. The Morgan fingerprint density at radius 1 is 0.871 bits per heavy atom. The first-order valence-electron chi connectivity index (χ1n) is 9.26. The van der Waals surface area contributed by atoms with Crippen molar-refractivity contribution in [2.75, 3.05) is 17.6 Å². The fourth-order valence-corrected chi connectivity index (χ4v) is 3.32. The molecule has 0 saturated carbocycles. The second kappa shape index (κ2) is 9.77. The van der Waals surface area contributed by atoms with E-state index in [0.29, 0.717) is 5.75 Å². The molecule has 0 heterocycles. The predicted octanol–water partition coefficient (Wildman–Crippen LogP) is 2.57. The summed E-state index contributed by atoms with van der Waals surface area (Å²) in [5, 5.41) is 0. The standard InChI is InChI=1S/C22H21N3O5S/c1-31(28,29)25-18-11-7-10-17(14-18)22(27)24-23-21(26)15-30-20-13-6-5-12-19(20)16-8-3-2-4-9-16/h2-14,25H,15H2,1H3,(H,23,26)(H,24,27). The maximum Gasteiger partial charge on any atom is 0.276 e. The van der Waals surface area contributed by atoms with Gasteiger partial charge in [0.15, 0.2) is 6.61 Å². The van der Waals surface area contributed by atoms with E-state index in [4.69, 9.17) is 4.74 Å². The molecule has 3 aromatic rings. The number of sulfonamides is 1. The largest absolute Gasteiger partial charge is 0.483 e. The molecule has 0 aliphatic heterocycles. The lowest BCUT2D eigenvalue weighted by Gasteiger charge is -2.12. The van der Waals surface area contributed by atoms with E-state index >= 15 is 0 Å². The van der Waals surface area contributed by atoms with Crippen LogP contribution in [0.5, 0.6) is 5.75 Å². The van der Waals surface area contributed by atoms with Crippen LogP contribution in [0.15, 0.2) is 78.9 Å². The number of hydrazine groups is 1. The van der Waals surface area contributed by atoms with Crippen LogP contribution in [-0.2, 0) is 14.8 Å². The molecule has 3 rings (SSSR count). The van der Waals surface area contributed by atoms with Crippen molar-refractivity contribution in [2.45, 2.75) is 0 Å². The zero-order chi connectivity index (χ0) is 22.3. The van der Waals surface area contributed by atoms with Crippen LogP contribution in [0.4, 0.5) is 5.69 Å². The van der Waals surface area contributed by atoms with Crippen LogP contribution in [0.25, 0.3) is 11.1 Å². The van der Waals surface area contributed by atoms with E-state index < -0.39 is 21.8 Å². The molecule has 0 saturated heterocycles. The van der Waals surface area contributed by atoms with Gasteiger partial charge in [-0.25, -0.2) is 8.42 Å². The molecule has 160 valence electrons. The third-order valence-corrected chi connectivity index (χ3v) is 4.68. The molecule has 0 fully saturated rings. The average Bonchev–Trinajstić information content (AvgIpc) is 2.76. The molecule has 3 N–H and O–H groups in total. The molecule has 9 heteroatoms. The van der Waals surface area contributed by atoms with Gasteiger partial charge < -0.3 is 4.74 Å². The maximum atomic E-state index is 12.2. The Labute approximate surface area is 180 Å². The predicted molar refractivity (Wildman–Crippen MR) is 118 cm³/mol. The molecular formula is C22H21N3O5S. The number of anilines is 1. The van der Waals surface area contributed by atoms with Crippen molar-refractivity contribution >= 4 is 27.5 Å². The quantitative estimate of drug-likeness (QED) is 0.490. The monoisotopic (exact) mass is 439 g/mol. The number of rotatable bonds is 7. The van der Waals surface area contributed by atoms with Crippen LogP contribution in [-0.4, -0.2) is 33.1 Å². The number of carbonyl (C=O) groups is 2. The zero-order valence-electron chi connectivity index (χ0n) is 16.7. The van der Waals surface area contributed by atoms with Crippen molar-refractivity contribution in [2.24, 2.45) is 0 Å². The van der Waals surface area contributed by atoms with E-state index in [0.717, 1.165) is 17.4 Å². The Balaban J connectivity index is 1.56. The SMILES string of the molecule is CS(=O)(=O)Nc1cccc(C(=O)NNC(=O)COc2ccccc2-c2ccccc2)c1. The van der Waals surface area contributed by atoms with Gasteiger partial charge >= 0.3 is 0 Å². The first kappa shape index (κ1) is 21.8. The van der Waals surface area contributed by atoms with Crippen molar-refractivity contribution in [3.05, 3.63) is 84.4 Å². The van der Waals surface area contributed by atoms with Gasteiger partial charge in [-0.3, -0.25) is 25.2 Å². The van der Waals surface area contributed by atoms with Crippen molar-refractivity contribution < 1.29 is 22.7 Å². The summed E-state index contributed by atoms with van der Waals surface area (Å²) in [5.41, 5.74) is 6.76. The van der Waals surface area contributed by atoms with E-state index in [-0.39, 0.29) is 17.9 Å². The average molecular weight is 439 g/mol. The highest BCUT2D eigenvalue weighted by Crippen LogP contribution is 2.29. The van der Waals surface area contributed by atoms with Crippen LogP contribution in [0, 0.1) is 0 Å². The summed E-state index contributed by atoms with van der Waals surface area (Å²) in [6, 6.07) is 22.8. The van der Waals surface area contributed by atoms with Gasteiger partial charge in [-0.05, 0) is 29.8 Å². The van der Waals surface area contributed by atoms with Gasteiger partial charge in [-0.2, -0.15) is 0 Å². The first-order valence-corrected chi connectivity index (χ1v) is 11.2. The van der Waals surface area contributed by atoms with Gasteiger partial charge in [0.1, 0.15) is 5.75 Å². The molecule has 2 amide bonds. The van der Waals surface area contributed by atoms with Gasteiger partial charge in [0.25, 0.3) is 11.8 Å². The fourth-order valence-electron chi connectivity index (χ4n) is 2.76. The van der Waals surface area contributed by atoms with Crippen LogP contribution >= 0.6 is 0 Å². The van der Waals surface area contributed by atoms with Gasteiger partial charge in [-0.1, -0.05) is 54.6 Å². The van der Waals surface area contributed by atoms with E-state index in [9.17, 15) is 18.0 Å². The van der Waals surface area contributed by atoms with E-state index in [1.165, 1.54) is 24.3 Å². The molecule has 0 spiro atoms.